The highest BCUT2D eigenvalue weighted by atomic mass is 19.1. The van der Waals surface area contributed by atoms with E-state index >= 15 is 0 Å². The summed E-state index contributed by atoms with van der Waals surface area (Å²) in [6, 6.07) is 13.8. The molecule has 1 fully saturated rings. The van der Waals surface area contributed by atoms with Gasteiger partial charge in [-0.15, -0.1) is 5.10 Å². The van der Waals surface area contributed by atoms with Crippen LogP contribution < -0.4 is 10.6 Å². The fraction of sp³-hybridized carbons (Fsp3) is 0.429. The SMILES string of the molecule is CC(C)(C)OC(=O)CC[C@H]1CC[C@H](c2ccc(NC(=O)c3nnc(Nc4ccccc4F)o3)cc2)CC1. The van der Waals surface area contributed by atoms with Crippen LogP contribution in [0.3, 0.4) is 0 Å². The summed E-state index contributed by atoms with van der Waals surface area (Å²) in [6.07, 6.45) is 5.68. The van der Waals surface area contributed by atoms with Gasteiger partial charge in [-0.25, -0.2) is 4.39 Å². The monoisotopic (exact) mass is 508 g/mol. The maximum absolute atomic E-state index is 13.8. The number of aromatic nitrogens is 2. The van der Waals surface area contributed by atoms with Gasteiger partial charge in [0.15, 0.2) is 0 Å². The number of rotatable bonds is 8. The van der Waals surface area contributed by atoms with Crippen molar-refractivity contribution in [1.82, 2.24) is 10.2 Å². The van der Waals surface area contributed by atoms with Crippen LogP contribution in [0.1, 0.15) is 81.5 Å². The largest absolute Gasteiger partial charge is 0.460 e. The Morgan fingerprint density at radius 3 is 2.41 bits per heavy atom. The Morgan fingerprint density at radius 2 is 1.73 bits per heavy atom. The second-order valence-corrected chi connectivity index (χ2v) is 10.4. The number of halogens is 1. The Kier molecular flexibility index (Phi) is 8.21. The van der Waals surface area contributed by atoms with Crippen LogP contribution >= 0.6 is 0 Å². The fourth-order valence-electron chi connectivity index (χ4n) is 4.57. The molecule has 3 aromatic rings. The Labute approximate surface area is 216 Å². The van der Waals surface area contributed by atoms with Crippen molar-refractivity contribution in [1.29, 1.82) is 0 Å². The minimum absolute atomic E-state index is 0.0766. The number of ether oxygens (including phenoxy) is 1. The quantitative estimate of drug-likeness (QED) is 0.330. The molecule has 196 valence electrons. The van der Waals surface area contributed by atoms with Gasteiger partial charge in [-0.2, -0.15) is 0 Å². The molecule has 8 nitrogen and oxygen atoms in total. The summed E-state index contributed by atoms with van der Waals surface area (Å²) in [5.41, 5.74) is 1.58. The number of carbonyl (C=O) groups excluding carboxylic acids is 2. The molecular weight excluding hydrogens is 475 g/mol. The summed E-state index contributed by atoms with van der Waals surface area (Å²) in [6.45, 7) is 5.67. The second kappa shape index (κ2) is 11.5. The molecule has 1 saturated carbocycles. The van der Waals surface area contributed by atoms with E-state index in [1.54, 1.807) is 12.1 Å². The van der Waals surface area contributed by atoms with Gasteiger partial charge in [0, 0.05) is 12.1 Å². The van der Waals surface area contributed by atoms with Crippen LogP contribution in [0.25, 0.3) is 0 Å². The molecule has 1 heterocycles. The minimum atomic E-state index is -0.549. The number of carbonyl (C=O) groups is 2. The number of hydrogen-bond donors (Lipinski definition) is 2. The van der Waals surface area contributed by atoms with E-state index in [1.165, 1.54) is 17.7 Å². The van der Waals surface area contributed by atoms with Crippen LogP contribution in [-0.4, -0.2) is 27.7 Å². The summed E-state index contributed by atoms with van der Waals surface area (Å²) in [5.74, 6) is -0.355. The molecule has 0 unspecified atom stereocenters. The van der Waals surface area contributed by atoms with Crippen molar-refractivity contribution in [2.75, 3.05) is 10.6 Å². The molecule has 2 aromatic carbocycles. The van der Waals surface area contributed by atoms with Crippen molar-refractivity contribution in [2.45, 2.75) is 70.8 Å². The summed E-state index contributed by atoms with van der Waals surface area (Å²) in [4.78, 5) is 24.5. The van der Waals surface area contributed by atoms with Gasteiger partial charge in [-0.1, -0.05) is 29.4 Å². The predicted molar refractivity (Wildman–Crippen MR) is 138 cm³/mol. The number of nitrogens with zero attached hydrogens (tertiary/aromatic N) is 2. The lowest BCUT2D eigenvalue weighted by Crippen LogP contribution is -2.24. The van der Waals surface area contributed by atoms with Crippen LogP contribution in [0, 0.1) is 11.7 Å². The lowest BCUT2D eigenvalue weighted by atomic mass is 9.77. The topological polar surface area (TPSA) is 106 Å². The predicted octanol–water partition coefficient (Wildman–Crippen LogP) is 6.60. The first-order valence-electron chi connectivity index (χ1n) is 12.6. The molecule has 4 rings (SSSR count). The zero-order chi connectivity index (χ0) is 26.4. The minimum Gasteiger partial charge on any atom is -0.460 e. The normalized spacial score (nSPS) is 17.7. The molecule has 9 heteroatoms. The van der Waals surface area contributed by atoms with Crippen molar-refractivity contribution in [3.63, 3.8) is 0 Å². The van der Waals surface area contributed by atoms with Crippen molar-refractivity contribution >= 4 is 29.3 Å². The van der Waals surface area contributed by atoms with Crippen LogP contribution in [0.2, 0.25) is 0 Å². The first-order chi connectivity index (χ1) is 17.7. The summed E-state index contributed by atoms with van der Waals surface area (Å²) in [5, 5.41) is 12.9. The average molecular weight is 509 g/mol. The van der Waals surface area contributed by atoms with Gasteiger partial charge in [0.25, 0.3) is 0 Å². The lowest BCUT2D eigenvalue weighted by molar-refractivity contribution is -0.155. The van der Waals surface area contributed by atoms with E-state index in [1.807, 2.05) is 45.0 Å². The molecule has 0 aliphatic heterocycles. The summed E-state index contributed by atoms with van der Waals surface area (Å²) < 4.78 is 24.5. The number of hydrogen-bond acceptors (Lipinski definition) is 7. The summed E-state index contributed by atoms with van der Waals surface area (Å²) in [7, 11) is 0. The van der Waals surface area contributed by atoms with E-state index in [2.05, 4.69) is 20.8 Å². The van der Waals surface area contributed by atoms with Gasteiger partial charge >= 0.3 is 23.8 Å². The zero-order valence-electron chi connectivity index (χ0n) is 21.4. The number of amides is 1. The molecule has 1 aliphatic rings. The lowest BCUT2D eigenvalue weighted by Gasteiger charge is -2.29. The second-order valence-electron chi connectivity index (χ2n) is 10.4. The number of benzene rings is 2. The molecule has 37 heavy (non-hydrogen) atoms. The van der Waals surface area contributed by atoms with Crippen molar-refractivity contribution in [3.05, 3.63) is 65.8 Å². The van der Waals surface area contributed by atoms with E-state index in [0.717, 1.165) is 32.1 Å². The number of anilines is 3. The average Bonchev–Trinajstić information content (AvgIpc) is 3.33. The molecule has 0 atom stereocenters. The maximum Gasteiger partial charge on any atom is 0.320 e. The molecule has 0 bridgehead atoms. The highest BCUT2D eigenvalue weighted by Crippen LogP contribution is 2.38. The van der Waals surface area contributed by atoms with Gasteiger partial charge in [-0.3, -0.25) is 9.59 Å². The standard InChI is InChI=1S/C28H33FN4O4/c1-28(2,3)37-24(34)17-10-18-8-11-19(12-9-18)20-13-15-21(16-14-20)30-25(35)26-32-33-27(36-26)31-23-7-5-4-6-22(23)29/h4-7,13-16,18-19H,8-12,17H2,1-3H3,(H,30,35)(H,31,33)/t18-,19-. The third-order valence-corrected chi connectivity index (χ3v) is 6.40. The van der Waals surface area contributed by atoms with Crippen molar-refractivity contribution in [2.24, 2.45) is 5.92 Å². The van der Waals surface area contributed by atoms with Crippen molar-refractivity contribution in [3.8, 4) is 0 Å². The van der Waals surface area contributed by atoms with Crippen LogP contribution in [-0.2, 0) is 9.53 Å². The Balaban J connectivity index is 1.24. The van der Waals surface area contributed by atoms with E-state index in [-0.39, 0.29) is 23.6 Å². The first-order valence-corrected chi connectivity index (χ1v) is 12.6. The smallest absolute Gasteiger partial charge is 0.320 e. The van der Waals surface area contributed by atoms with Gasteiger partial charge < -0.3 is 19.8 Å². The molecule has 1 amide bonds. The molecule has 0 radical (unpaired) electrons. The molecule has 1 aliphatic carbocycles. The van der Waals surface area contributed by atoms with Gasteiger partial charge in [0.2, 0.25) is 0 Å². The molecule has 0 spiro atoms. The molecular formula is C28H33FN4O4. The van der Waals surface area contributed by atoms with Crippen molar-refractivity contribution < 1.29 is 23.1 Å². The molecule has 1 aromatic heterocycles. The van der Waals surface area contributed by atoms with Crippen LogP contribution in [0.5, 0.6) is 0 Å². The third kappa shape index (κ3) is 7.62. The van der Waals surface area contributed by atoms with E-state index < -0.39 is 17.3 Å². The highest BCUT2D eigenvalue weighted by Gasteiger charge is 2.24. The third-order valence-electron chi connectivity index (χ3n) is 6.40. The molecule has 2 N–H and O–H groups in total. The highest BCUT2D eigenvalue weighted by molar-refractivity contribution is 6.00. The van der Waals surface area contributed by atoms with E-state index in [4.69, 9.17) is 9.15 Å². The first kappa shape index (κ1) is 26.3. The van der Waals surface area contributed by atoms with Gasteiger partial charge in [0.05, 0.1) is 5.69 Å². The van der Waals surface area contributed by atoms with Crippen LogP contribution in [0.4, 0.5) is 21.8 Å². The number of para-hydroxylation sites is 1. The van der Waals surface area contributed by atoms with E-state index in [9.17, 15) is 14.0 Å². The van der Waals surface area contributed by atoms with Crippen LogP contribution in [0.15, 0.2) is 52.9 Å². The Morgan fingerprint density at radius 1 is 1.03 bits per heavy atom. The van der Waals surface area contributed by atoms with Gasteiger partial charge in [-0.05, 0) is 94.5 Å². The Hall–Kier alpha value is -3.75. The fourth-order valence-corrected chi connectivity index (χ4v) is 4.57. The zero-order valence-corrected chi connectivity index (χ0v) is 21.4. The summed E-state index contributed by atoms with van der Waals surface area (Å²) >= 11 is 0. The number of esters is 1. The Bertz CT molecular complexity index is 1210. The van der Waals surface area contributed by atoms with Gasteiger partial charge in [0.1, 0.15) is 11.4 Å². The maximum atomic E-state index is 13.8. The number of nitrogens with one attached hydrogen (secondary N) is 2. The van der Waals surface area contributed by atoms with E-state index in [0.29, 0.717) is 23.9 Å². The molecule has 0 saturated heterocycles.